The molecule has 0 saturated carbocycles. The molecule has 5 rings (SSSR count). The van der Waals surface area contributed by atoms with Gasteiger partial charge in [-0.25, -0.2) is 0 Å². The largest absolute Gasteiger partial charge is 0.477 e. The molecular weight excluding hydrogens is 400 g/mol. The van der Waals surface area contributed by atoms with Crippen LogP contribution in [0.1, 0.15) is 54.0 Å². The molecule has 0 bridgehead atoms. The molecule has 2 aromatic carbocycles. The van der Waals surface area contributed by atoms with Crippen LogP contribution in [0.25, 0.3) is 5.76 Å². The second-order valence-corrected chi connectivity index (χ2v) is 8.34. The number of aliphatic imine (C=N–C) groups is 2. The first-order chi connectivity index (χ1) is 15.8. The SMILES string of the molecule is O=C1C=C(c2ccc(C3=NCCCCN3)cc2)OC1c1ccc(C2=NCCCCN2)cc1. The highest BCUT2D eigenvalue weighted by molar-refractivity contribution is 6.04. The second-order valence-electron chi connectivity index (χ2n) is 8.34. The summed E-state index contributed by atoms with van der Waals surface area (Å²) in [5.41, 5.74) is 3.85. The maximum absolute atomic E-state index is 12.7. The van der Waals surface area contributed by atoms with Gasteiger partial charge in [0.25, 0.3) is 0 Å². The van der Waals surface area contributed by atoms with Crippen molar-refractivity contribution < 1.29 is 9.53 Å². The molecule has 0 amide bonds. The third kappa shape index (κ3) is 4.44. The Morgan fingerprint density at radius 2 is 1.25 bits per heavy atom. The van der Waals surface area contributed by atoms with Crippen LogP contribution < -0.4 is 10.6 Å². The van der Waals surface area contributed by atoms with Crippen LogP contribution in [-0.4, -0.2) is 43.6 Å². The van der Waals surface area contributed by atoms with Crippen molar-refractivity contribution in [3.63, 3.8) is 0 Å². The highest BCUT2D eigenvalue weighted by Crippen LogP contribution is 2.33. The molecule has 3 aliphatic heterocycles. The maximum atomic E-state index is 12.7. The van der Waals surface area contributed by atoms with Gasteiger partial charge in [0.2, 0.25) is 5.78 Å². The lowest BCUT2D eigenvalue weighted by molar-refractivity contribution is -0.120. The van der Waals surface area contributed by atoms with Crippen LogP contribution in [0.3, 0.4) is 0 Å². The summed E-state index contributed by atoms with van der Waals surface area (Å²) in [5, 5.41) is 6.78. The molecule has 0 saturated heterocycles. The predicted octanol–water partition coefficient (Wildman–Crippen LogP) is 3.63. The Kier molecular flexibility index (Phi) is 6.01. The summed E-state index contributed by atoms with van der Waals surface area (Å²) in [6.07, 6.45) is 5.50. The summed E-state index contributed by atoms with van der Waals surface area (Å²) in [6.45, 7) is 3.61. The normalized spacial score (nSPS) is 21.2. The van der Waals surface area contributed by atoms with Crippen LogP contribution in [0.5, 0.6) is 0 Å². The number of rotatable bonds is 4. The number of benzene rings is 2. The summed E-state index contributed by atoms with van der Waals surface area (Å²) in [4.78, 5) is 21.9. The van der Waals surface area contributed by atoms with Gasteiger partial charge in [-0.15, -0.1) is 0 Å². The lowest BCUT2D eigenvalue weighted by Gasteiger charge is -2.14. The first kappa shape index (κ1) is 20.5. The number of carbonyl (C=O) groups excluding carboxylic acids is 1. The van der Waals surface area contributed by atoms with Gasteiger partial charge in [-0.3, -0.25) is 14.8 Å². The molecule has 32 heavy (non-hydrogen) atoms. The highest BCUT2D eigenvalue weighted by Gasteiger charge is 2.29. The number of hydrogen-bond acceptors (Lipinski definition) is 6. The van der Waals surface area contributed by atoms with Crippen molar-refractivity contribution in [1.29, 1.82) is 0 Å². The van der Waals surface area contributed by atoms with Gasteiger partial charge in [-0.1, -0.05) is 48.5 Å². The second kappa shape index (κ2) is 9.39. The Morgan fingerprint density at radius 1 is 0.719 bits per heavy atom. The van der Waals surface area contributed by atoms with E-state index in [0.29, 0.717) is 5.76 Å². The Hall–Kier alpha value is -3.41. The van der Waals surface area contributed by atoms with E-state index in [-0.39, 0.29) is 5.78 Å². The number of amidine groups is 2. The Bertz CT molecular complexity index is 1070. The summed E-state index contributed by atoms with van der Waals surface area (Å²) in [6, 6.07) is 16.0. The minimum absolute atomic E-state index is 0.0310. The van der Waals surface area contributed by atoms with Crippen molar-refractivity contribution in [3.05, 3.63) is 76.9 Å². The number of hydrogen-bond donors (Lipinski definition) is 2. The summed E-state index contributed by atoms with van der Waals surface area (Å²) >= 11 is 0. The van der Waals surface area contributed by atoms with E-state index in [0.717, 1.165) is 85.8 Å². The molecule has 2 aromatic rings. The van der Waals surface area contributed by atoms with Crippen LogP contribution in [0.4, 0.5) is 0 Å². The maximum Gasteiger partial charge on any atom is 0.204 e. The number of nitrogens with zero attached hydrogens (tertiary/aromatic N) is 2. The molecule has 2 N–H and O–H groups in total. The third-order valence-corrected chi connectivity index (χ3v) is 6.00. The molecule has 0 radical (unpaired) electrons. The number of nitrogens with one attached hydrogen (secondary N) is 2. The zero-order chi connectivity index (χ0) is 21.8. The van der Waals surface area contributed by atoms with E-state index in [2.05, 4.69) is 20.6 Å². The monoisotopic (exact) mass is 428 g/mol. The van der Waals surface area contributed by atoms with Crippen LogP contribution in [0, 0.1) is 0 Å². The topological polar surface area (TPSA) is 75.1 Å². The minimum Gasteiger partial charge on any atom is -0.477 e. The highest BCUT2D eigenvalue weighted by atomic mass is 16.5. The quantitative estimate of drug-likeness (QED) is 0.780. The van der Waals surface area contributed by atoms with Gasteiger partial charge in [0, 0.05) is 54.5 Å². The van der Waals surface area contributed by atoms with Crippen LogP contribution in [0.2, 0.25) is 0 Å². The molecule has 6 nitrogen and oxygen atoms in total. The molecule has 0 aromatic heterocycles. The van der Waals surface area contributed by atoms with Crippen molar-refractivity contribution in [2.45, 2.75) is 31.8 Å². The summed E-state index contributed by atoms with van der Waals surface area (Å²) in [5.74, 6) is 2.45. The van der Waals surface area contributed by atoms with E-state index in [9.17, 15) is 4.79 Å². The average molecular weight is 429 g/mol. The van der Waals surface area contributed by atoms with Crippen molar-refractivity contribution in [2.75, 3.05) is 26.2 Å². The van der Waals surface area contributed by atoms with Gasteiger partial charge in [-0.05, 0) is 25.7 Å². The smallest absolute Gasteiger partial charge is 0.204 e. The van der Waals surface area contributed by atoms with E-state index in [1.807, 2.05) is 48.5 Å². The summed E-state index contributed by atoms with van der Waals surface area (Å²) < 4.78 is 6.08. The number of ketones is 1. The predicted molar refractivity (Wildman–Crippen MR) is 127 cm³/mol. The fourth-order valence-corrected chi connectivity index (χ4v) is 4.18. The fourth-order valence-electron chi connectivity index (χ4n) is 4.18. The number of carbonyl (C=O) groups is 1. The van der Waals surface area contributed by atoms with E-state index in [4.69, 9.17) is 4.74 Å². The lowest BCUT2D eigenvalue weighted by atomic mass is 10.0. The first-order valence-electron chi connectivity index (χ1n) is 11.5. The van der Waals surface area contributed by atoms with Crippen molar-refractivity contribution in [2.24, 2.45) is 9.98 Å². The molecule has 6 heteroatoms. The van der Waals surface area contributed by atoms with E-state index >= 15 is 0 Å². The van der Waals surface area contributed by atoms with Crippen LogP contribution in [0.15, 0.2) is 64.6 Å². The van der Waals surface area contributed by atoms with Gasteiger partial charge in [0.15, 0.2) is 6.10 Å². The molecule has 0 aliphatic carbocycles. The van der Waals surface area contributed by atoms with Crippen molar-refractivity contribution >= 4 is 23.2 Å². The molecule has 3 aliphatic rings. The fraction of sp³-hybridized carbons (Fsp3) is 0.346. The van der Waals surface area contributed by atoms with Crippen LogP contribution >= 0.6 is 0 Å². The molecule has 0 spiro atoms. The molecule has 0 fully saturated rings. The van der Waals surface area contributed by atoms with Crippen molar-refractivity contribution in [3.8, 4) is 0 Å². The Labute approximate surface area is 188 Å². The van der Waals surface area contributed by atoms with Gasteiger partial charge >= 0.3 is 0 Å². The first-order valence-corrected chi connectivity index (χ1v) is 11.5. The molecule has 1 atom stereocenters. The zero-order valence-corrected chi connectivity index (χ0v) is 18.1. The molecular formula is C26H28N4O2. The average Bonchev–Trinajstić information content (AvgIpc) is 3.06. The minimum atomic E-state index is -0.601. The van der Waals surface area contributed by atoms with Crippen LogP contribution in [-0.2, 0) is 9.53 Å². The van der Waals surface area contributed by atoms with Gasteiger partial charge in [0.1, 0.15) is 17.4 Å². The number of ether oxygens (including phenoxy) is 1. The van der Waals surface area contributed by atoms with E-state index < -0.39 is 6.10 Å². The summed E-state index contributed by atoms with van der Waals surface area (Å²) in [7, 11) is 0. The zero-order valence-electron chi connectivity index (χ0n) is 18.1. The Morgan fingerprint density at radius 3 is 1.84 bits per heavy atom. The van der Waals surface area contributed by atoms with Gasteiger partial charge in [0.05, 0.1) is 0 Å². The van der Waals surface area contributed by atoms with E-state index in [1.165, 1.54) is 0 Å². The standard InChI is InChI=1S/C26H28N4O2/c31-22-17-23(18-5-9-20(10-6-18)25-27-13-1-2-14-28-25)32-24(22)19-7-11-21(12-8-19)26-29-15-3-4-16-30-26/h5-12,17,24H,1-4,13-16H2,(H,27,28)(H,29,30). The lowest BCUT2D eigenvalue weighted by Crippen LogP contribution is -2.24. The van der Waals surface area contributed by atoms with Gasteiger partial charge in [-0.2, -0.15) is 0 Å². The van der Waals surface area contributed by atoms with Crippen molar-refractivity contribution in [1.82, 2.24) is 10.6 Å². The Balaban J connectivity index is 1.28. The molecule has 1 unspecified atom stereocenters. The third-order valence-electron chi connectivity index (χ3n) is 6.00. The molecule has 3 heterocycles. The van der Waals surface area contributed by atoms with Gasteiger partial charge < -0.3 is 15.4 Å². The van der Waals surface area contributed by atoms with E-state index in [1.54, 1.807) is 6.08 Å². The molecule has 164 valence electrons.